The van der Waals surface area contributed by atoms with Gasteiger partial charge in [-0.15, -0.1) is 0 Å². The van der Waals surface area contributed by atoms with Crippen LogP contribution in [0.25, 0.3) is 0 Å². The highest BCUT2D eigenvalue weighted by molar-refractivity contribution is 9.10. The monoisotopic (exact) mass is 333 g/mol. The predicted octanol–water partition coefficient (Wildman–Crippen LogP) is 3.29. The smallest absolute Gasteiger partial charge is 0.228 e. The molecule has 0 unspecified atom stereocenters. The average Bonchev–Trinajstić information content (AvgIpc) is 3.01. The zero-order valence-corrected chi connectivity index (χ0v) is 12.8. The molecule has 20 heavy (non-hydrogen) atoms. The zero-order chi connectivity index (χ0) is 14.1. The van der Waals surface area contributed by atoms with Crippen molar-refractivity contribution in [2.75, 3.05) is 5.32 Å². The van der Waals surface area contributed by atoms with E-state index < -0.39 is 0 Å². The van der Waals surface area contributed by atoms with E-state index in [1.807, 2.05) is 35.0 Å². The van der Waals surface area contributed by atoms with Crippen molar-refractivity contribution in [1.82, 2.24) is 9.78 Å². The summed E-state index contributed by atoms with van der Waals surface area (Å²) in [7, 11) is 0. The molecule has 0 bridgehead atoms. The van der Waals surface area contributed by atoms with Gasteiger partial charge < -0.3 is 5.32 Å². The molecule has 0 spiro atoms. The van der Waals surface area contributed by atoms with Gasteiger partial charge in [-0.2, -0.15) is 5.10 Å². The quantitative estimate of drug-likeness (QED) is 0.933. The van der Waals surface area contributed by atoms with Crippen molar-refractivity contribution in [2.24, 2.45) is 11.8 Å². The molecule has 0 aliphatic heterocycles. The Bertz CT molecular complexity index is 620. The topological polar surface area (TPSA) is 46.9 Å². The summed E-state index contributed by atoms with van der Waals surface area (Å²) in [4.78, 5) is 12.0. The predicted molar refractivity (Wildman–Crippen MR) is 81.4 cm³/mol. The maximum absolute atomic E-state index is 12.0. The lowest BCUT2D eigenvalue weighted by molar-refractivity contribution is -0.117. The third-order valence-corrected chi connectivity index (χ3v) is 4.19. The van der Waals surface area contributed by atoms with Gasteiger partial charge in [0.2, 0.25) is 5.91 Å². The fourth-order valence-electron chi connectivity index (χ4n) is 2.23. The fraction of sp³-hybridized carbons (Fsp3) is 0.333. The minimum atomic E-state index is 0.107. The van der Waals surface area contributed by atoms with E-state index in [1.54, 1.807) is 6.20 Å². The van der Waals surface area contributed by atoms with Crippen LogP contribution in [-0.2, 0) is 11.3 Å². The van der Waals surface area contributed by atoms with Gasteiger partial charge in [-0.05, 0) is 30.0 Å². The molecule has 1 amide bonds. The van der Waals surface area contributed by atoms with Crippen LogP contribution in [0.1, 0.15) is 18.9 Å². The molecular weight excluding hydrogens is 318 g/mol. The third-order valence-electron chi connectivity index (χ3n) is 3.66. The molecule has 1 saturated carbocycles. The van der Waals surface area contributed by atoms with Gasteiger partial charge in [-0.1, -0.05) is 35.0 Å². The van der Waals surface area contributed by atoms with Crippen molar-refractivity contribution in [3.63, 3.8) is 0 Å². The van der Waals surface area contributed by atoms with Crippen molar-refractivity contribution in [2.45, 2.75) is 19.9 Å². The highest BCUT2D eigenvalue weighted by Crippen LogP contribution is 2.38. The summed E-state index contributed by atoms with van der Waals surface area (Å²) < 4.78 is 2.87. The Balaban J connectivity index is 1.70. The highest BCUT2D eigenvalue weighted by Gasteiger charge is 2.39. The van der Waals surface area contributed by atoms with E-state index in [0.717, 1.165) is 22.3 Å². The molecule has 1 fully saturated rings. The third kappa shape index (κ3) is 2.93. The fourth-order valence-corrected chi connectivity index (χ4v) is 2.50. The molecule has 3 rings (SSSR count). The Morgan fingerprint density at radius 1 is 1.40 bits per heavy atom. The van der Waals surface area contributed by atoms with Crippen LogP contribution in [0, 0.1) is 11.8 Å². The van der Waals surface area contributed by atoms with E-state index >= 15 is 0 Å². The molecule has 1 aliphatic carbocycles. The highest BCUT2D eigenvalue weighted by atomic mass is 79.9. The molecule has 2 aromatic rings. The van der Waals surface area contributed by atoms with Crippen LogP contribution in [0.2, 0.25) is 0 Å². The number of rotatable bonds is 4. The van der Waals surface area contributed by atoms with E-state index in [2.05, 4.69) is 33.3 Å². The van der Waals surface area contributed by atoms with Crippen molar-refractivity contribution in [3.05, 3.63) is 46.6 Å². The molecule has 0 saturated heterocycles. The summed E-state index contributed by atoms with van der Waals surface area (Å²) in [6.07, 6.45) is 2.71. The van der Waals surface area contributed by atoms with Crippen LogP contribution >= 0.6 is 15.9 Å². The molecule has 1 aromatic heterocycles. The number of nitrogens with zero attached hydrogens (tertiary/aromatic N) is 2. The lowest BCUT2D eigenvalue weighted by atomic mass is 10.2. The Kier molecular flexibility index (Phi) is 3.61. The van der Waals surface area contributed by atoms with Gasteiger partial charge in [0.05, 0.1) is 12.7 Å². The molecule has 1 aromatic carbocycles. The largest absolute Gasteiger partial charge is 0.311 e. The number of halogens is 1. The van der Waals surface area contributed by atoms with Crippen molar-refractivity contribution in [3.8, 4) is 0 Å². The van der Waals surface area contributed by atoms with Gasteiger partial charge in [-0.3, -0.25) is 4.79 Å². The first-order valence-electron chi connectivity index (χ1n) is 6.70. The first-order chi connectivity index (χ1) is 9.63. The Labute approximate surface area is 126 Å². The number of benzene rings is 1. The summed E-state index contributed by atoms with van der Waals surface area (Å²) in [6.45, 7) is 2.75. The maximum atomic E-state index is 12.0. The first kappa shape index (κ1) is 13.4. The van der Waals surface area contributed by atoms with Gasteiger partial charge in [0.1, 0.15) is 5.82 Å². The van der Waals surface area contributed by atoms with E-state index in [4.69, 9.17) is 0 Å². The average molecular weight is 334 g/mol. The second-order valence-electron chi connectivity index (χ2n) is 5.31. The number of anilines is 1. The van der Waals surface area contributed by atoms with Crippen LogP contribution in [0.4, 0.5) is 5.82 Å². The molecule has 2 atom stereocenters. The molecule has 5 heteroatoms. The Morgan fingerprint density at radius 3 is 2.75 bits per heavy atom. The van der Waals surface area contributed by atoms with E-state index in [0.29, 0.717) is 12.5 Å². The van der Waals surface area contributed by atoms with Gasteiger partial charge in [0.25, 0.3) is 0 Å². The number of nitrogens with one attached hydrogen (secondary N) is 1. The van der Waals surface area contributed by atoms with E-state index in [-0.39, 0.29) is 11.8 Å². The number of carbonyl (C=O) groups is 1. The van der Waals surface area contributed by atoms with Gasteiger partial charge >= 0.3 is 0 Å². The lowest BCUT2D eigenvalue weighted by Gasteiger charge is -2.09. The Morgan fingerprint density at radius 2 is 2.10 bits per heavy atom. The second-order valence-corrected chi connectivity index (χ2v) is 6.22. The van der Waals surface area contributed by atoms with Gasteiger partial charge in [0, 0.05) is 16.5 Å². The Hall–Kier alpha value is -1.62. The van der Waals surface area contributed by atoms with Crippen LogP contribution in [0.15, 0.2) is 41.0 Å². The second kappa shape index (κ2) is 5.40. The number of carbonyl (C=O) groups excluding carboxylic acids is 1. The van der Waals surface area contributed by atoms with Gasteiger partial charge in [-0.25, -0.2) is 4.68 Å². The maximum Gasteiger partial charge on any atom is 0.228 e. The number of amides is 1. The number of hydrogen-bond donors (Lipinski definition) is 1. The normalized spacial score (nSPS) is 20.7. The van der Waals surface area contributed by atoms with E-state index in [9.17, 15) is 4.79 Å². The first-order valence-corrected chi connectivity index (χ1v) is 7.50. The summed E-state index contributed by atoms with van der Waals surface area (Å²) in [5, 5.41) is 7.24. The van der Waals surface area contributed by atoms with Gasteiger partial charge in [0.15, 0.2) is 0 Å². The summed E-state index contributed by atoms with van der Waals surface area (Å²) in [5.74, 6) is 1.55. The van der Waals surface area contributed by atoms with Crippen molar-refractivity contribution in [1.29, 1.82) is 0 Å². The van der Waals surface area contributed by atoms with Crippen LogP contribution in [0.3, 0.4) is 0 Å². The summed E-state index contributed by atoms with van der Waals surface area (Å²) in [6, 6.07) is 9.93. The molecule has 104 valence electrons. The van der Waals surface area contributed by atoms with E-state index in [1.165, 1.54) is 0 Å². The molecule has 1 aliphatic rings. The number of aromatic nitrogens is 2. The van der Waals surface area contributed by atoms with Crippen LogP contribution in [-0.4, -0.2) is 15.7 Å². The summed E-state index contributed by atoms with van der Waals surface area (Å²) in [5.41, 5.74) is 1.15. The van der Waals surface area contributed by atoms with Crippen LogP contribution < -0.4 is 5.32 Å². The molecular formula is C15H16BrN3O. The zero-order valence-electron chi connectivity index (χ0n) is 11.2. The van der Waals surface area contributed by atoms with Crippen molar-refractivity contribution < 1.29 is 4.79 Å². The number of hydrogen-bond acceptors (Lipinski definition) is 2. The minimum absolute atomic E-state index is 0.107. The molecule has 1 heterocycles. The molecule has 1 N–H and O–H groups in total. The molecule has 4 nitrogen and oxygen atoms in total. The van der Waals surface area contributed by atoms with Crippen molar-refractivity contribution >= 4 is 27.7 Å². The lowest BCUT2D eigenvalue weighted by Crippen LogP contribution is -2.18. The summed E-state index contributed by atoms with van der Waals surface area (Å²) >= 11 is 3.42. The minimum Gasteiger partial charge on any atom is -0.311 e. The SMILES string of the molecule is C[C@@H]1C[C@@H]1C(=O)Nc1ccnn1Cc1ccc(Br)cc1. The van der Waals surface area contributed by atoms with Crippen LogP contribution in [0.5, 0.6) is 0 Å². The standard InChI is InChI=1S/C15H16BrN3O/c1-10-8-13(10)15(20)18-14-6-7-17-19(14)9-11-2-4-12(16)5-3-11/h2-7,10,13H,8-9H2,1H3,(H,18,20)/t10-,13+/m1/s1. The molecule has 0 radical (unpaired) electrons.